The lowest BCUT2D eigenvalue weighted by Crippen LogP contribution is -2.51. The normalized spacial score (nSPS) is 13.6. The summed E-state index contributed by atoms with van der Waals surface area (Å²) in [5.41, 5.74) is 0. The van der Waals surface area contributed by atoms with Gasteiger partial charge in [-0.2, -0.15) is 0 Å². The second-order valence-corrected chi connectivity index (χ2v) is 6.79. The minimum Gasteiger partial charge on any atom is -0.508 e. The Hall–Kier alpha value is -3.42. The van der Waals surface area contributed by atoms with E-state index in [9.17, 15) is 14.7 Å². The van der Waals surface area contributed by atoms with Crippen molar-refractivity contribution in [3.63, 3.8) is 0 Å². The van der Waals surface area contributed by atoms with E-state index < -0.39 is 0 Å². The number of nitrogens with zero attached hydrogens (tertiary/aromatic N) is 2. The number of benzene rings is 2. The molecule has 1 saturated heterocycles. The van der Waals surface area contributed by atoms with Gasteiger partial charge < -0.3 is 29.1 Å². The molecule has 0 spiro atoms. The van der Waals surface area contributed by atoms with Crippen LogP contribution in [-0.4, -0.2) is 73.2 Å². The standard InChI is InChI=1S/C22H26N2O6/c1-28-19-4-2-3-5-20(19)29-15-10-21(26)23-11-13-24(14-12-23)22(27)16-30-18-8-6-17(25)7-9-18/h2-9,25H,10-16H2,1H3. The predicted octanol–water partition coefficient (Wildman–Crippen LogP) is 1.92. The number of hydrogen-bond acceptors (Lipinski definition) is 6. The highest BCUT2D eigenvalue weighted by Gasteiger charge is 2.24. The number of piperazine rings is 1. The molecule has 1 heterocycles. The number of hydrogen-bond donors (Lipinski definition) is 1. The fourth-order valence-electron chi connectivity index (χ4n) is 3.13. The molecule has 2 amide bonds. The van der Waals surface area contributed by atoms with Gasteiger partial charge in [0.1, 0.15) is 11.5 Å². The van der Waals surface area contributed by atoms with E-state index >= 15 is 0 Å². The summed E-state index contributed by atoms with van der Waals surface area (Å²) in [6.45, 7) is 2.09. The number of carbonyl (C=O) groups excluding carboxylic acids is 2. The van der Waals surface area contributed by atoms with E-state index in [4.69, 9.17) is 14.2 Å². The molecule has 0 aromatic heterocycles. The lowest BCUT2D eigenvalue weighted by molar-refractivity contribution is -0.141. The molecule has 3 rings (SSSR count). The Morgan fingerprint density at radius 2 is 1.47 bits per heavy atom. The number of ether oxygens (including phenoxy) is 3. The Balaban J connectivity index is 1.37. The van der Waals surface area contributed by atoms with Crippen molar-refractivity contribution in [2.45, 2.75) is 6.42 Å². The zero-order valence-corrected chi connectivity index (χ0v) is 17.0. The van der Waals surface area contributed by atoms with Gasteiger partial charge in [-0.3, -0.25) is 9.59 Å². The molecular formula is C22H26N2O6. The lowest BCUT2D eigenvalue weighted by Gasteiger charge is -2.34. The lowest BCUT2D eigenvalue weighted by atomic mass is 10.2. The van der Waals surface area contributed by atoms with Crippen LogP contribution >= 0.6 is 0 Å². The average molecular weight is 414 g/mol. The third-order valence-corrected chi connectivity index (χ3v) is 4.83. The molecule has 0 atom stereocenters. The summed E-state index contributed by atoms with van der Waals surface area (Å²) in [5.74, 6) is 1.77. The van der Waals surface area contributed by atoms with Crippen LogP contribution in [0.15, 0.2) is 48.5 Å². The molecule has 1 fully saturated rings. The molecule has 2 aromatic rings. The highest BCUT2D eigenvalue weighted by atomic mass is 16.5. The number of aromatic hydroxyl groups is 1. The van der Waals surface area contributed by atoms with E-state index in [0.29, 0.717) is 43.4 Å². The van der Waals surface area contributed by atoms with Gasteiger partial charge >= 0.3 is 0 Å². The first-order valence-corrected chi connectivity index (χ1v) is 9.80. The van der Waals surface area contributed by atoms with Crippen LogP contribution in [-0.2, 0) is 9.59 Å². The van der Waals surface area contributed by atoms with Gasteiger partial charge in [0.2, 0.25) is 5.91 Å². The Morgan fingerprint density at radius 3 is 2.10 bits per heavy atom. The van der Waals surface area contributed by atoms with Crippen LogP contribution in [0.1, 0.15) is 6.42 Å². The van der Waals surface area contributed by atoms with Gasteiger partial charge in [-0.25, -0.2) is 0 Å². The highest BCUT2D eigenvalue weighted by Crippen LogP contribution is 2.25. The average Bonchev–Trinajstić information content (AvgIpc) is 2.79. The van der Waals surface area contributed by atoms with Crippen molar-refractivity contribution in [3.8, 4) is 23.0 Å². The molecule has 0 saturated carbocycles. The molecule has 8 nitrogen and oxygen atoms in total. The second kappa shape index (κ2) is 10.4. The maximum Gasteiger partial charge on any atom is 0.260 e. The molecule has 160 valence electrons. The van der Waals surface area contributed by atoms with Gasteiger partial charge in [-0.1, -0.05) is 12.1 Å². The smallest absolute Gasteiger partial charge is 0.260 e. The van der Waals surface area contributed by atoms with Crippen LogP contribution in [0.5, 0.6) is 23.0 Å². The maximum absolute atomic E-state index is 12.4. The Labute approximate surface area is 175 Å². The van der Waals surface area contributed by atoms with Crippen molar-refractivity contribution in [3.05, 3.63) is 48.5 Å². The first kappa shape index (κ1) is 21.3. The van der Waals surface area contributed by atoms with E-state index in [-0.39, 0.29) is 37.2 Å². The molecule has 1 aliphatic heterocycles. The minimum absolute atomic E-state index is 0.00246. The van der Waals surface area contributed by atoms with E-state index in [1.807, 2.05) is 12.1 Å². The molecule has 0 aliphatic carbocycles. The molecule has 2 aromatic carbocycles. The van der Waals surface area contributed by atoms with Crippen molar-refractivity contribution in [1.82, 2.24) is 9.80 Å². The predicted molar refractivity (Wildman–Crippen MR) is 110 cm³/mol. The Morgan fingerprint density at radius 1 is 0.867 bits per heavy atom. The number of carbonyl (C=O) groups is 2. The summed E-state index contributed by atoms with van der Waals surface area (Å²) < 4.78 is 16.3. The molecule has 8 heteroatoms. The Bertz CT molecular complexity index is 847. The monoisotopic (exact) mass is 414 g/mol. The number of phenolic OH excluding ortho intramolecular Hbond substituents is 1. The topological polar surface area (TPSA) is 88.5 Å². The van der Waals surface area contributed by atoms with Crippen LogP contribution in [0.3, 0.4) is 0 Å². The van der Waals surface area contributed by atoms with Crippen molar-refractivity contribution >= 4 is 11.8 Å². The van der Waals surface area contributed by atoms with Crippen LogP contribution in [0.4, 0.5) is 0 Å². The number of para-hydroxylation sites is 2. The zero-order valence-electron chi connectivity index (χ0n) is 17.0. The van der Waals surface area contributed by atoms with E-state index in [1.54, 1.807) is 41.2 Å². The quantitative estimate of drug-likeness (QED) is 0.710. The summed E-state index contributed by atoms with van der Waals surface area (Å²) >= 11 is 0. The molecule has 1 N–H and O–H groups in total. The van der Waals surface area contributed by atoms with E-state index in [0.717, 1.165) is 0 Å². The summed E-state index contributed by atoms with van der Waals surface area (Å²) in [6, 6.07) is 13.5. The second-order valence-electron chi connectivity index (χ2n) is 6.79. The molecular weight excluding hydrogens is 388 g/mol. The third-order valence-electron chi connectivity index (χ3n) is 4.83. The molecule has 0 radical (unpaired) electrons. The summed E-state index contributed by atoms with van der Waals surface area (Å²) in [6.07, 6.45) is 0.260. The summed E-state index contributed by atoms with van der Waals surface area (Å²) in [4.78, 5) is 28.2. The van der Waals surface area contributed by atoms with Crippen molar-refractivity contribution in [1.29, 1.82) is 0 Å². The first-order valence-electron chi connectivity index (χ1n) is 9.80. The Kier molecular flexibility index (Phi) is 7.37. The first-order chi connectivity index (χ1) is 14.6. The number of phenols is 1. The summed E-state index contributed by atoms with van der Waals surface area (Å²) in [7, 11) is 1.57. The van der Waals surface area contributed by atoms with Gasteiger partial charge in [0.05, 0.1) is 20.1 Å². The number of methoxy groups -OCH3 is 1. The SMILES string of the molecule is COc1ccccc1OCCC(=O)N1CCN(C(=O)COc2ccc(O)cc2)CC1. The molecule has 0 bridgehead atoms. The molecule has 30 heavy (non-hydrogen) atoms. The van der Waals surface area contributed by atoms with Gasteiger partial charge in [0.25, 0.3) is 5.91 Å². The van der Waals surface area contributed by atoms with Gasteiger partial charge in [0, 0.05) is 26.2 Å². The van der Waals surface area contributed by atoms with E-state index in [1.165, 1.54) is 12.1 Å². The van der Waals surface area contributed by atoms with Crippen LogP contribution in [0.25, 0.3) is 0 Å². The maximum atomic E-state index is 12.4. The zero-order chi connectivity index (χ0) is 21.3. The van der Waals surface area contributed by atoms with Crippen LogP contribution < -0.4 is 14.2 Å². The molecule has 1 aliphatic rings. The van der Waals surface area contributed by atoms with Gasteiger partial charge in [-0.05, 0) is 36.4 Å². The van der Waals surface area contributed by atoms with Gasteiger partial charge in [-0.15, -0.1) is 0 Å². The molecule has 0 unspecified atom stereocenters. The van der Waals surface area contributed by atoms with Crippen molar-refractivity contribution in [2.24, 2.45) is 0 Å². The largest absolute Gasteiger partial charge is 0.508 e. The highest BCUT2D eigenvalue weighted by molar-refractivity contribution is 5.79. The van der Waals surface area contributed by atoms with Crippen molar-refractivity contribution in [2.75, 3.05) is 46.5 Å². The summed E-state index contributed by atoms with van der Waals surface area (Å²) in [5, 5.41) is 9.27. The number of amides is 2. The van der Waals surface area contributed by atoms with Gasteiger partial charge in [0.15, 0.2) is 18.1 Å². The van der Waals surface area contributed by atoms with Crippen LogP contribution in [0.2, 0.25) is 0 Å². The number of rotatable bonds is 8. The fraction of sp³-hybridized carbons (Fsp3) is 0.364. The third kappa shape index (κ3) is 5.79. The minimum atomic E-state index is -0.130. The van der Waals surface area contributed by atoms with Crippen molar-refractivity contribution < 1.29 is 28.9 Å². The fourth-order valence-corrected chi connectivity index (χ4v) is 3.13. The van der Waals surface area contributed by atoms with E-state index in [2.05, 4.69) is 0 Å². The van der Waals surface area contributed by atoms with Crippen LogP contribution in [0, 0.1) is 0 Å².